The number of nitrogens with zero attached hydrogens (tertiary/aromatic N) is 1. The van der Waals surface area contributed by atoms with Gasteiger partial charge < -0.3 is 5.73 Å². The smallest absolute Gasteiger partial charge is 0.132 e. The number of aromatic nitrogens is 1. The first-order chi connectivity index (χ1) is 5.15. The molecule has 0 aromatic carbocycles. The third kappa shape index (κ3) is 1.70. The minimum atomic E-state index is 0.450. The van der Waals surface area contributed by atoms with Gasteiger partial charge in [0.2, 0.25) is 0 Å². The van der Waals surface area contributed by atoms with Gasteiger partial charge in [-0.1, -0.05) is 17.7 Å². The lowest BCUT2D eigenvalue weighted by Gasteiger charge is -2.04. The van der Waals surface area contributed by atoms with Gasteiger partial charge in [0.1, 0.15) is 5.15 Å². The number of pyridine rings is 1. The molecule has 0 aliphatic rings. The second kappa shape index (κ2) is 3.20. The minimum Gasteiger partial charge on any atom is -0.325 e. The molecule has 1 rings (SSSR count). The van der Waals surface area contributed by atoms with Gasteiger partial charge in [-0.3, -0.25) is 0 Å². The van der Waals surface area contributed by atoms with Crippen LogP contribution in [0.1, 0.15) is 16.8 Å². The van der Waals surface area contributed by atoms with Crippen LogP contribution in [0, 0.1) is 13.8 Å². The van der Waals surface area contributed by atoms with Gasteiger partial charge in [0.25, 0.3) is 0 Å². The van der Waals surface area contributed by atoms with E-state index in [1.165, 1.54) is 0 Å². The van der Waals surface area contributed by atoms with Crippen molar-refractivity contribution in [2.24, 2.45) is 5.73 Å². The van der Waals surface area contributed by atoms with Gasteiger partial charge in [-0.05, 0) is 25.0 Å². The summed E-state index contributed by atoms with van der Waals surface area (Å²) >= 11 is 5.80. The molecule has 3 heteroatoms. The molecule has 60 valence electrons. The summed E-state index contributed by atoms with van der Waals surface area (Å²) in [5, 5.41) is 0.552. The third-order valence-electron chi connectivity index (χ3n) is 1.64. The van der Waals surface area contributed by atoms with Gasteiger partial charge in [-0.15, -0.1) is 0 Å². The third-order valence-corrected chi connectivity index (χ3v) is 2.02. The van der Waals surface area contributed by atoms with Crippen molar-refractivity contribution in [2.45, 2.75) is 20.4 Å². The first-order valence-corrected chi connectivity index (χ1v) is 3.85. The van der Waals surface area contributed by atoms with Gasteiger partial charge in [0.15, 0.2) is 0 Å². The Hall–Kier alpha value is -0.600. The summed E-state index contributed by atoms with van der Waals surface area (Å²) in [5.41, 5.74) is 8.43. The van der Waals surface area contributed by atoms with Gasteiger partial charge in [0.05, 0.1) is 5.69 Å². The maximum Gasteiger partial charge on any atom is 0.132 e. The standard InChI is InChI=1S/C8H11ClN2/c1-5-3-6(2)8(9)11-7(5)4-10/h3H,4,10H2,1-2H3. The van der Waals surface area contributed by atoms with Crippen molar-refractivity contribution in [2.75, 3.05) is 0 Å². The molecular weight excluding hydrogens is 160 g/mol. The molecule has 2 N–H and O–H groups in total. The highest BCUT2D eigenvalue weighted by Crippen LogP contribution is 2.15. The molecular formula is C8H11ClN2. The molecule has 1 heterocycles. The van der Waals surface area contributed by atoms with Crippen LogP contribution in [0.2, 0.25) is 5.15 Å². The van der Waals surface area contributed by atoms with E-state index in [-0.39, 0.29) is 0 Å². The molecule has 0 fully saturated rings. The normalized spacial score (nSPS) is 10.2. The Kier molecular flexibility index (Phi) is 2.47. The fourth-order valence-corrected chi connectivity index (χ4v) is 1.13. The van der Waals surface area contributed by atoms with Crippen LogP contribution in [0.25, 0.3) is 0 Å². The summed E-state index contributed by atoms with van der Waals surface area (Å²) in [4.78, 5) is 4.13. The molecule has 2 nitrogen and oxygen atoms in total. The van der Waals surface area contributed by atoms with E-state index in [1.807, 2.05) is 19.9 Å². The highest BCUT2D eigenvalue weighted by Gasteiger charge is 2.01. The number of hydrogen-bond donors (Lipinski definition) is 1. The Balaban J connectivity index is 3.21. The molecule has 0 unspecified atom stereocenters. The number of halogens is 1. The van der Waals surface area contributed by atoms with Crippen LogP contribution in [0.4, 0.5) is 0 Å². The van der Waals surface area contributed by atoms with Crippen molar-refractivity contribution in [3.63, 3.8) is 0 Å². The lowest BCUT2D eigenvalue weighted by Crippen LogP contribution is -2.03. The Labute approximate surface area is 71.4 Å². The molecule has 0 saturated carbocycles. The number of nitrogens with two attached hydrogens (primary N) is 1. The first kappa shape index (κ1) is 8.50. The van der Waals surface area contributed by atoms with Crippen LogP contribution in [0.3, 0.4) is 0 Å². The number of aryl methyl sites for hydroxylation is 2. The van der Waals surface area contributed by atoms with E-state index in [0.717, 1.165) is 16.8 Å². The number of hydrogen-bond acceptors (Lipinski definition) is 2. The van der Waals surface area contributed by atoms with Crippen molar-refractivity contribution in [1.82, 2.24) is 4.98 Å². The monoisotopic (exact) mass is 170 g/mol. The molecule has 0 saturated heterocycles. The van der Waals surface area contributed by atoms with E-state index >= 15 is 0 Å². The van der Waals surface area contributed by atoms with Gasteiger partial charge in [-0.2, -0.15) is 0 Å². The maximum absolute atomic E-state index is 5.80. The zero-order valence-electron chi connectivity index (χ0n) is 6.69. The molecule has 0 atom stereocenters. The van der Waals surface area contributed by atoms with E-state index in [4.69, 9.17) is 17.3 Å². The molecule has 0 amide bonds. The molecule has 0 aliphatic heterocycles. The molecule has 0 spiro atoms. The topological polar surface area (TPSA) is 38.9 Å². The fraction of sp³-hybridized carbons (Fsp3) is 0.375. The summed E-state index contributed by atoms with van der Waals surface area (Å²) in [5.74, 6) is 0. The zero-order chi connectivity index (χ0) is 8.43. The zero-order valence-corrected chi connectivity index (χ0v) is 7.44. The van der Waals surface area contributed by atoms with Crippen molar-refractivity contribution in [3.05, 3.63) is 28.0 Å². The predicted octanol–water partition coefficient (Wildman–Crippen LogP) is 1.81. The van der Waals surface area contributed by atoms with Crippen molar-refractivity contribution in [1.29, 1.82) is 0 Å². The van der Waals surface area contributed by atoms with Gasteiger partial charge in [-0.25, -0.2) is 4.98 Å². The van der Waals surface area contributed by atoms with E-state index in [1.54, 1.807) is 0 Å². The SMILES string of the molecule is Cc1cc(C)c(CN)nc1Cl. The second-order valence-electron chi connectivity index (χ2n) is 2.56. The molecule has 0 aliphatic carbocycles. The summed E-state index contributed by atoms with van der Waals surface area (Å²) in [6, 6.07) is 2.00. The highest BCUT2D eigenvalue weighted by molar-refractivity contribution is 6.30. The number of rotatable bonds is 1. The van der Waals surface area contributed by atoms with Crippen LogP contribution < -0.4 is 5.73 Å². The van der Waals surface area contributed by atoms with E-state index in [0.29, 0.717) is 11.7 Å². The Bertz CT molecular complexity index is 271. The lowest BCUT2D eigenvalue weighted by atomic mass is 10.2. The first-order valence-electron chi connectivity index (χ1n) is 3.48. The Morgan fingerprint density at radius 2 is 2.09 bits per heavy atom. The quantitative estimate of drug-likeness (QED) is 0.653. The van der Waals surface area contributed by atoms with E-state index in [9.17, 15) is 0 Å². The van der Waals surface area contributed by atoms with Crippen molar-refractivity contribution >= 4 is 11.6 Å². The van der Waals surface area contributed by atoms with Crippen LogP contribution in [-0.2, 0) is 6.54 Å². The summed E-state index contributed by atoms with van der Waals surface area (Å²) in [6.45, 7) is 4.37. The fourth-order valence-electron chi connectivity index (χ4n) is 0.969. The molecule has 11 heavy (non-hydrogen) atoms. The molecule has 0 bridgehead atoms. The Morgan fingerprint density at radius 1 is 1.45 bits per heavy atom. The lowest BCUT2D eigenvalue weighted by molar-refractivity contribution is 0.962. The average molecular weight is 171 g/mol. The van der Waals surface area contributed by atoms with Crippen molar-refractivity contribution in [3.8, 4) is 0 Å². The van der Waals surface area contributed by atoms with Crippen LogP contribution in [0.15, 0.2) is 6.07 Å². The van der Waals surface area contributed by atoms with Crippen LogP contribution in [0.5, 0.6) is 0 Å². The largest absolute Gasteiger partial charge is 0.325 e. The van der Waals surface area contributed by atoms with E-state index < -0.39 is 0 Å². The molecule has 1 aromatic rings. The minimum absolute atomic E-state index is 0.450. The predicted molar refractivity (Wildman–Crippen MR) is 46.6 cm³/mol. The second-order valence-corrected chi connectivity index (χ2v) is 2.92. The van der Waals surface area contributed by atoms with Gasteiger partial charge >= 0.3 is 0 Å². The van der Waals surface area contributed by atoms with Gasteiger partial charge in [0, 0.05) is 6.54 Å². The van der Waals surface area contributed by atoms with Crippen molar-refractivity contribution < 1.29 is 0 Å². The summed E-state index contributed by atoms with van der Waals surface area (Å²) < 4.78 is 0. The summed E-state index contributed by atoms with van der Waals surface area (Å²) in [6.07, 6.45) is 0. The maximum atomic E-state index is 5.80. The van der Waals surface area contributed by atoms with Crippen LogP contribution in [-0.4, -0.2) is 4.98 Å². The van der Waals surface area contributed by atoms with Crippen LogP contribution >= 0.6 is 11.6 Å². The summed E-state index contributed by atoms with van der Waals surface area (Å²) in [7, 11) is 0. The Morgan fingerprint density at radius 3 is 2.64 bits per heavy atom. The molecule has 0 radical (unpaired) electrons. The van der Waals surface area contributed by atoms with E-state index in [2.05, 4.69) is 4.98 Å². The molecule has 1 aromatic heterocycles. The average Bonchev–Trinajstić information content (AvgIpc) is 1.97. The highest BCUT2D eigenvalue weighted by atomic mass is 35.5.